The second-order valence-corrected chi connectivity index (χ2v) is 4.86. The van der Waals surface area contributed by atoms with Crippen molar-refractivity contribution in [3.8, 4) is 11.8 Å². The van der Waals surface area contributed by atoms with E-state index in [9.17, 15) is 0 Å². The van der Waals surface area contributed by atoms with Gasteiger partial charge in [0.05, 0.1) is 17.1 Å². The van der Waals surface area contributed by atoms with Crippen molar-refractivity contribution in [2.24, 2.45) is 0 Å². The SMILES string of the molecule is Cc1cc(COc2ccc(C#N)cc2)c2ccccc2n1. The molecule has 21 heavy (non-hydrogen) atoms. The van der Waals surface area contributed by atoms with Crippen molar-refractivity contribution in [1.29, 1.82) is 5.26 Å². The minimum atomic E-state index is 0.482. The van der Waals surface area contributed by atoms with Crippen LogP contribution in [0.4, 0.5) is 0 Å². The molecule has 3 rings (SSSR count). The summed E-state index contributed by atoms with van der Waals surface area (Å²) >= 11 is 0. The summed E-state index contributed by atoms with van der Waals surface area (Å²) in [6, 6.07) is 19.3. The molecule has 3 heteroatoms. The number of pyridine rings is 1. The lowest BCUT2D eigenvalue weighted by Gasteiger charge is -2.10. The first-order valence-corrected chi connectivity index (χ1v) is 6.74. The van der Waals surface area contributed by atoms with E-state index in [4.69, 9.17) is 10.00 Å². The zero-order chi connectivity index (χ0) is 14.7. The molecule has 0 aliphatic carbocycles. The first-order chi connectivity index (χ1) is 10.3. The van der Waals surface area contributed by atoms with Crippen LogP contribution in [-0.2, 0) is 6.61 Å². The van der Waals surface area contributed by atoms with E-state index in [1.54, 1.807) is 12.1 Å². The smallest absolute Gasteiger partial charge is 0.119 e. The van der Waals surface area contributed by atoms with Crippen molar-refractivity contribution in [3.05, 3.63) is 71.4 Å². The molecule has 0 saturated carbocycles. The number of aromatic nitrogens is 1. The molecule has 1 aromatic heterocycles. The monoisotopic (exact) mass is 274 g/mol. The molecule has 3 nitrogen and oxygen atoms in total. The van der Waals surface area contributed by atoms with Crippen molar-refractivity contribution in [2.45, 2.75) is 13.5 Å². The number of nitriles is 1. The molecule has 0 fully saturated rings. The zero-order valence-electron chi connectivity index (χ0n) is 11.7. The standard InChI is InChI=1S/C18H14N2O/c1-13-10-15(17-4-2-3-5-18(17)20-13)12-21-16-8-6-14(11-19)7-9-16/h2-10H,12H2,1H3. The van der Waals surface area contributed by atoms with E-state index >= 15 is 0 Å². The first-order valence-electron chi connectivity index (χ1n) is 6.74. The third kappa shape index (κ3) is 2.85. The molecule has 1 heterocycles. The molecule has 102 valence electrons. The van der Waals surface area contributed by atoms with Gasteiger partial charge in [0.1, 0.15) is 12.4 Å². The van der Waals surface area contributed by atoms with Gasteiger partial charge in [0.25, 0.3) is 0 Å². The van der Waals surface area contributed by atoms with Gasteiger partial charge in [-0.2, -0.15) is 5.26 Å². The third-order valence-corrected chi connectivity index (χ3v) is 3.31. The van der Waals surface area contributed by atoms with Gasteiger partial charge in [-0.25, -0.2) is 0 Å². The van der Waals surface area contributed by atoms with Crippen LogP contribution >= 0.6 is 0 Å². The number of ether oxygens (including phenoxy) is 1. The molecule has 0 radical (unpaired) electrons. The van der Waals surface area contributed by atoms with Gasteiger partial charge < -0.3 is 4.74 Å². The minimum absolute atomic E-state index is 0.482. The van der Waals surface area contributed by atoms with E-state index in [2.05, 4.69) is 17.1 Å². The van der Waals surface area contributed by atoms with E-state index in [1.165, 1.54) is 0 Å². The van der Waals surface area contributed by atoms with Crippen LogP contribution in [0.2, 0.25) is 0 Å². The van der Waals surface area contributed by atoms with E-state index < -0.39 is 0 Å². The van der Waals surface area contributed by atoms with E-state index in [1.807, 2.05) is 43.3 Å². The van der Waals surface area contributed by atoms with Crippen LogP contribution in [0, 0.1) is 18.3 Å². The number of rotatable bonds is 3. The molecule has 0 amide bonds. The summed E-state index contributed by atoms with van der Waals surface area (Å²) in [5, 5.41) is 9.90. The Morgan fingerprint density at radius 2 is 1.86 bits per heavy atom. The Hall–Kier alpha value is -2.86. The second kappa shape index (κ2) is 5.64. The number of benzene rings is 2. The van der Waals surface area contributed by atoms with Gasteiger partial charge in [0.15, 0.2) is 0 Å². The Balaban J connectivity index is 1.86. The molecular formula is C18H14N2O. The summed E-state index contributed by atoms with van der Waals surface area (Å²) in [4.78, 5) is 4.52. The maximum atomic E-state index is 8.79. The van der Waals surface area contributed by atoms with Crippen LogP contribution in [-0.4, -0.2) is 4.98 Å². The fourth-order valence-corrected chi connectivity index (χ4v) is 2.30. The molecule has 0 saturated heterocycles. The highest BCUT2D eigenvalue weighted by molar-refractivity contribution is 5.82. The maximum Gasteiger partial charge on any atom is 0.119 e. The van der Waals surface area contributed by atoms with Gasteiger partial charge in [-0.3, -0.25) is 4.98 Å². The van der Waals surface area contributed by atoms with Crippen LogP contribution in [0.25, 0.3) is 10.9 Å². The molecule has 0 aliphatic heterocycles. The van der Waals surface area contributed by atoms with E-state index in [0.29, 0.717) is 12.2 Å². The summed E-state index contributed by atoms with van der Waals surface area (Å²) in [5.74, 6) is 0.757. The molecule has 0 atom stereocenters. The van der Waals surface area contributed by atoms with Crippen molar-refractivity contribution in [3.63, 3.8) is 0 Å². The minimum Gasteiger partial charge on any atom is -0.489 e. The Morgan fingerprint density at radius 1 is 1.10 bits per heavy atom. The predicted molar refractivity (Wildman–Crippen MR) is 82.0 cm³/mol. The lowest BCUT2D eigenvalue weighted by molar-refractivity contribution is 0.307. The molecule has 0 N–H and O–H groups in total. The van der Waals surface area contributed by atoms with E-state index in [-0.39, 0.29) is 0 Å². The number of hydrogen-bond acceptors (Lipinski definition) is 3. The molecule has 0 spiro atoms. The van der Waals surface area contributed by atoms with Crippen molar-refractivity contribution in [1.82, 2.24) is 4.98 Å². The van der Waals surface area contributed by atoms with Crippen LogP contribution in [0.15, 0.2) is 54.6 Å². The Labute approximate surface area is 123 Å². The first kappa shape index (κ1) is 13.1. The van der Waals surface area contributed by atoms with Gasteiger partial charge in [-0.05, 0) is 43.3 Å². The number of fused-ring (bicyclic) bond motifs is 1. The van der Waals surface area contributed by atoms with Gasteiger partial charge in [0, 0.05) is 16.6 Å². The van der Waals surface area contributed by atoms with Crippen LogP contribution in [0.5, 0.6) is 5.75 Å². The molecule has 0 aliphatic rings. The average Bonchev–Trinajstić information content (AvgIpc) is 2.53. The third-order valence-electron chi connectivity index (χ3n) is 3.31. The molecule has 0 bridgehead atoms. The van der Waals surface area contributed by atoms with Crippen molar-refractivity contribution < 1.29 is 4.74 Å². The number of aryl methyl sites for hydroxylation is 1. The molecular weight excluding hydrogens is 260 g/mol. The predicted octanol–water partition coefficient (Wildman–Crippen LogP) is 3.99. The fraction of sp³-hybridized carbons (Fsp3) is 0.111. The summed E-state index contributed by atoms with van der Waals surface area (Å²) in [7, 11) is 0. The lowest BCUT2D eigenvalue weighted by atomic mass is 10.1. The quantitative estimate of drug-likeness (QED) is 0.725. The van der Waals surface area contributed by atoms with Crippen LogP contribution in [0.3, 0.4) is 0 Å². The molecule has 2 aromatic carbocycles. The normalized spacial score (nSPS) is 10.3. The summed E-state index contributed by atoms with van der Waals surface area (Å²) < 4.78 is 5.82. The second-order valence-electron chi connectivity index (χ2n) is 4.86. The highest BCUT2D eigenvalue weighted by Crippen LogP contribution is 2.20. The molecule has 0 unspecified atom stereocenters. The average molecular weight is 274 g/mol. The van der Waals surface area contributed by atoms with Crippen molar-refractivity contribution >= 4 is 10.9 Å². The van der Waals surface area contributed by atoms with E-state index in [0.717, 1.165) is 27.9 Å². The Bertz CT molecular complexity index is 817. The maximum absolute atomic E-state index is 8.79. The number of hydrogen-bond donors (Lipinski definition) is 0. The number of para-hydroxylation sites is 1. The highest BCUT2D eigenvalue weighted by atomic mass is 16.5. The Kier molecular flexibility index (Phi) is 3.53. The Morgan fingerprint density at radius 3 is 2.62 bits per heavy atom. The zero-order valence-corrected chi connectivity index (χ0v) is 11.7. The van der Waals surface area contributed by atoms with Gasteiger partial charge in [0.2, 0.25) is 0 Å². The summed E-state index contributed by atoms with van der Waals surface area (Å²) in [6.45, 7) is 2.47. The summed E-state index contributed by atoms with van der Waals surface area (Å²) in [6.07, 6.45) is 0. The van der Waals surface area contributed by atoms with Crippen LogP contribution in [0.1, 0.15) is 16.8 Å². The topological polar surface area (TPSA) is 45.9 Å². The van der Waals surface area contributed by atoms with Crippen LogP contribution < -0.4 is 4.74 Å². The highest BCUT2D eigenvalue weighted by Gasteiger charge is 2.04. The van der Waals surface area contributed by atoms with Gasteiger partial charge in [-0.15, -0.1) is 0 Å². The summed E-state index contributed by atoms with van der Waals surface area (Å²) in [5.41, 5.74) is 3.71. The fourth-order valence-electron chi connectivity index (χ4n) is 2.30. The van der Waals surface area contributed by atoms with Crippen molar-refractivity contribution in [2.75, 3.05) is 0 Å². The lowest BCUT2D eigenvalue weighted by Crippen LogP contribution is -1.98. The largest absolute Gasteiger partial charge is 0.489 e. The van der Waals surface area contributed by atoms with Gasteiger partial charge in [-0.1, -0.05) is 18.2 Å². The molecule has 3 aromatic rings. The number of nitrogens with zero attached hydrogens (tertiary/aromatic N) is 2. The van der Waals surface area contributed by atoms with Gasteiger partial charge >= 0.3 is 0 Å².